The number of allylic oxidation sites excluding steroid dienone is 7. The van der Waals surface area contributed by atoms with Gasteiger partial charge >= 0.3 is 11.9 Å². The number of aliphatic hydroxyl groups is 1. The van der Waals surface area contributed by atoms with Gasteiger partial charge in [0, 0.05) is 6.42 Å². The minimum absolute atomic E-state index is 0.242. The second-order valence-electron chi connectivity index (χ2n) is 7.45. The van der Waals surface area contributed by atoms with E-state index in [1.807, 2.05) is 24.3 Å². The first-order valence-electron chi connectivity index (χ1n) is 11.6. The van der Waals surface area contributed by atoms with Gasteiger partial charge in [-0.2, -0.15) is 0 Å². The number of hydrogen-bond donors (Lipinski definition) is 5. The number of aliphatic carboxylic acids is 2. The van der Waals surface area contributed by atoms with Crippen molar-refractivity contribution in [3.63, 3.8) is 0 Å². The van der Waals surface area contributed by atoms with E-state index in [2.05, 4.69) is 31.2 Å². The lowest BCUT2D eigenvalue weighted by atomic mass is 10.1. The Labute approximate surface area is 193 Å². The molecule has 7 heteroatoms. The Morgan fingerprint density at radius 1 is 0.875 bits per heavy atom. The lowest BCUT2D eigenvalue weighted by molar-refractivity contribution is -0.139. The van der Waals surface area contributed by atoms with Crippen LogP contribution in [0.1, 0.15) is 77.6 Å². The van der Waals surface area contributed by atoms with Gasteiger partial charge in [-0.3, -0.25) is 9.59 Å². The van der Waals surface area contributed by atoms with E-state index in [1.54, 1.807) is 0 Å². The molecule has 0 amide bonds. The summed E-state index contributed by atoms with van der Waals surface area (Å²) in [6.07, 6.45) is 24.7. The molecule has 0 heterocycles. The quantitative estimate of drug-likeness (QED) is 0.118. The molecule has 0 spiro atoms. The predicted octanol–water partition coefficient (Wildman–Crippen LogP) is 4.32. The van der Waals surface area contributed by atoms with E-state index in [0.29, 0.717) is 25.8 Å². The zero-order valence-electron chi connectivity index (χ0n) is 19.6. The summed E-state index contributed by atoms with van der Waals surface area (Å²) >= 11 is 0. The highest BCUT2D eigenvalue weighted by Gasteiger charge is 2.08. The van der Waals surface area contributed by atoms with E-state index < -0.39 is 18.0 Å². The topological polar surface area (TPSA) is 147 Å². The van der Waals surface area contributed by atoms with E-state index >= 15 is 0 Å². The summed E-state index contributed by atoms with van der Waals surface area (Å²) < 4.78 is 0. The standard InChI is InChI=1S/C20H32O3.C5H12N2O2/c1-2-3-13-16-19(21)17-14-11-9-7-5-4-6-8-10-12-15-18-20(22)23;6-3-1-2-4(7)5(8)9/h4-5,8-11,14,17,19,21H,2-3,6-7,12-13,15-16,18H2,1H3,(H,22,23);4H,1-3,6-7H2,(H,8,9)/b5-4+,10-8+,11-9+,17-14+;. The normalized spacial score (nSPS) is 13.6. The van der Waals surface area contributed by atoms with Crippen LogP contribution in [0, 0.1) is 0 Å². The third kappa shape index (κ3) is 27.8. The molecule has 7 nitrogen and oxygen atoms in total. The highest BCUT2D eigenvalue weighted by molar-refractivity contribution is 5.72. The van der Waals surface area contributed by atoms with E-state index in [1.165, 1.54) is 12.8 Å². The molecule has 7 N–H and O–H groups in total. The maximum Gasteiger partial charge on any atom is 0.320 e. The van der Waals surface area contributed by atoms with Crippen LogP contribution in [0.4, 0.5) is 0 Å². The van der Waals surface area contributed by atoms with Crippen molar-refractivity contribution in [2.45, 2.75) is 89.7 Å². The Bertz CT molecular complexity index is 571. The van der Waals surface area contributed by atoms with Crippen molar-refractivity contribution < 1.29 is 24.9 Å². The van der Waals surface area contributed by atoms with Crippen LogP contribution in [0.25, 0.3) is 0 Å². The number of nitrogens with two attached hydrogens (primary N) is 2. The molecule has 2 atom stereocenters. The number of carboxylic acids is 2. The maximum atomic E-state index is 10.3. The van der Waals surface area contributed by atoms with Crippen LogP contribution in [0.15, 0.2) is 48.6 Å². The van der Waals surface area contributed by atoms with Crippen LogP contribution in [-0.4, -0.2) is 45.9 Å². The monoisotopic (exact) mass is 452 g/mol. The highest BCUT2D eigenvalue weighted by Crippen LogP contribution is 2.04. The van der Waals surface area contributed by atoms with Crippen molar-refractivity contribution in [2.24, 2.45) is 11.5 Å². The zero-order chi connectivity index (χ0) is 24.5. The SMILES string of the molecule is CCCCCC(O)/C=C/C=C/C/C=C/C/C=C/CCCC(=O)O.NCCCC(N)C(=O)O. The van der Waals surface area contributed by atoms with Crippen molar-refractivity contribution in [2.75, 3.05) is 6.54 Å². The lowest BCUT2D eigenvalue weighted by Gasteiger charge is -2.02. The smallest absolute Gasteiger partial charge is 0.320 e. The molecule has 0 aliphatic heterocycles. The minimum atomic E-state index is -0.955. The van der Waals surface area contributed by atoms with Gasteiger partial charge in [0.1, 0.15) is 6.04 Å². The first-order valence-corrected chi connectivity index (χ1v) is 11.6. The molecule has 184 valence electrons. The van der Waals surface area contributed by atoms with Gasteiger partial charge in [-0.05, 0) is 51.5 Å². The first kappa shape index (κ1) is 32.0. The zero-order valence-corrected chi connectivity index (χ0v) is 19.6. The fraction of sp³-hybridized carbons (Fsp3) is 0.600. The van der Waals surface area contributed by atoms with Crippen LogP contribution in [0.5, 0.6) is 0 Å². The number of unbranched alkanes of at least 4 members (excludes halogenated alkanes) is 3. The second kappa shape index (κ2) is 25.0. The average Bonchev–Trinajstić information content (AvgIpc) is 2.75. The number of carbonyl (C=O) groups is 2. The predicted molar refractivity (Wildman–Crippen MR) is 131 cm³/mol. The summed E-state index contributed by atoms with van der Waals surface area (Å²) in [5.74, 6) is -1.68. The van der Waals surface area contributed by atoms with Crippen molar-refractivity contribution in [1.29, 1.82) is 0 Å². The molecule has 0 radical (unpaired) electrons. The van der Waals surface area contributed by atoms with Crippen molar-refractivity contribution in [1.82, 2.24) is 0 Å². The van der Waals surface area contributed by atoms with Gasteiger partial charge in [0.25, 0.3) is 0 Å². The van der Waals surface area contributed by atoms with Crippen molar-refractivity contribution in [3.05, 3.63) is 48.6 Å². The molecule has 0 aliphatic rings. The molecule has 0 aromatic rings. The van der Waals surface area contributed by atoms with Crippen LogP contribution in [-0.2, 0) is 9.59 Å². The maximum absolute atomic E-state index is 10.3. The molecule has 2 unspecified atom stereocenters. The van der Waals surface area contributed by atoms with Crippen molar-refractivity contribution in [3.8, 4) is 0 Å². The summed E-state index contributed by atoms with van der Waals surface area (Å²) in [6.45, 7) is 2.66. The Morgan fingerprint density at radius 2 is 1.53 bits per heavy atom. The number of carboxylic acid groups (broad SMARTS) is 2. The van der Waals surface area contributed by atoms with Gasteiger partial charge < -0.3 is 26.8 Å². The Hall–Kier alpha value is -2.22. The molecule has 0 saturated carbocycles. The minimum Gasteiger partial charge on any atom is -0.481 e. The molecule has 0 aliphatic carbocycles. The fourth-order valence-corrected chi connectivity index (χ4v) is 2.45. The van der Waals surface area contributed by atoms with E-state index in [9.17, 15) is 14.7 Å². The third-order valence-electron chi connectivity index (χ3n) is 4.36. The van der Waals surface area contributed by atoms with Gasteiger partial charge in [0.05, 0.1) is 6.10 Å². The van der Waals surface area contributed by atoms with Crippen LogP contribution < -0.4 is 11.5 Å². The van der Waals surface area contributed by atoms with E-state index in [-0.39, 0.29) is 12.5 Å². The van der Waals surface area contributed by atoms with E-state index in [4.69, 9.17) is 21.7 Å². The Morgan fingerprint density at radius 3 is 2.12 bits per heavy atom. The largest absolute Gasteiger partial charge is 0.481 e. The number of hydrogen-bond acceptors (Lipinski definition) is 5. The molecule has 0 aromatic heterocycles. The van der Waals surface area contributed by atoms with Crippen LogP contribution in [0.2, 0.25) is 0 Å². The summed E-state index contributed by atoms with van der Waals surface area (Å²) in [5, 5.41) is 26.4. The fourth-order valence-electron chi connectivity index (χ4n) is 2.45. The van der Waals surface area contributed by atoms with Gasteiger partial charge in [0.15, 0.2) is 0 Å². The molecular weight excluding hydrogens is 408 g/mol. The third-order valence-corrected chi connectivity index (χ3v) is 4.36. The Balaban J connectivity index is 0. The molecule has 0 fully saturated rings. The van der Waals surface area contributed by atoms with Crippen LogP contribution >= 0.6 is 0 Å². The first-order chi connectivity index (χ1) is 15.3. The van der Waals surface area contributed by atoms with Crippen LogP contribution in [0.3, 0.4) is 0 Å². The highest BCUT2D eigenvalue weighted by atomic mass is 16.4. The molecule has 0 bridgehead atoms. The Kier molecular flexibility index (Phi) is 25.0. The molecule has 0 saturated heterocycles. The van der Waals surface area contributed by atoms with Crippen molar-refractivity contribution >= 4 is 11.9 Å². The summed E-state index contributed by atoms with van der Waals surface area (Å²) in [6, 6.07) is -0.742. The summed E-state index contributed by atoms with van der Waals surface area (Å²) in [7, 11) is 0. The van der Waals surface area contributed by atoms with Gasteiger partial charge in [-0.15, -0.1) is 0 Å². The average molecular weight is 453 g/mol. The molecule has 0 rings (SSSR count). The summed E-state index contributed by atoms with van der Waals surface area (Å²) in [5.41, 5.74) is 10.3. The molecule has 32 heavy (non-hydrogen) atoms. The molecular formula is C25H44N2O5. The number of rotatable bonds is 18. The van der Waals surface area contributed by atoms with Gasteiger partial charge in [-0.25, -0.2) is 0 Å². The molecule has 0 aromatic carbocycles. The second-order valence-corrected chi connectivity index (χ2v) is 7.45. The van der Waals surface area contributed by atoms with E-state index in [0.717, 1.165) is 32.1 Å². The lowest BCUT2D eigenvalue weighted by Crippen LogP contribution is -2.30. The number of aliphatic hydroxyl groups excluding tert-OH is 1. The van der Waals surface area contributed by atoms with Gasteiger partial charge in [-0.1, -0.05) is 74.8 Å². The van der Waals surface area contributed by atoms with Gasteiger partial charge in [0.2, 0.25) is 0 Å². The summed E-state index contributed by atoms with van der Waals surface area (Å²) in [4.78, 5) is 20.4.